The molecule has 0 spiro atoms. The lowest BCUT2D eigenvalue weighted by Gasteiger charge is -2.14. The van der Waals surface area contributed by atoms with E-state index in [4.69, 9.17) is 22.1 Å². The molecule has 6 heteroatoms. The van der Waals surface area contributed by atoms with Crippen LogP contribution in [0.15, 0.2) is 18.2 Å². The van der Waals surface area contributed by atoms with E-state index in [1.54, 1.807) is 6.92 Å². The zero-order valence-corrected chi connectivity index (χ0v) is 9.27. The van der Waals surface area contributed by atoms with Crippen molar-refractivity contribution in [2.24, 2.45) is 5.73 Å². The van der Waals surface area contributed by atoms with Crippen molar-refractivity contribution in [3.63, 3.8) is 0 Å². The van der Waals surface area contributed by atoms with Crippen LogP contribution in [-0.4, -0.2) is 12.6 Å². The first-order valence-corrected chi connectivity index (χ1v) is 4.94. The fourth-order valence-electron chi connectivity index (χ4n) is 1.06. The summed E-state index contributed by atoms with van der Waals surface area (Å²) >= 11 is 5.59. The molecule has 0 radical (unpaired) electrons. The molecule has 0 aromatic heterocycles. The largest absolute Gasteiger partial charge is 0.490 e. The molecular formula is C10H11ClF3NO. The summed E-state index contributed by atoms with van der Waals surface area (Å²) in [6.45, 7) is 1.79. The lowest BCUT2D eigenvalue weighted by Crippen LogP contribution is -2.23. The number of hydrogen-bond donors (Lipinski definition) is 1. The molecule has 0 saturated heterocycles. The third-order valence-corrected chi connectivity index (χ3v) is 2.16. The monoisotopic (exact) mass is 253 g/mol. The van der Waals surface area contributed by atoms with Crippen molar-refractivity contribution in [1.29, 1.82) is 0 Å². The number of hydrogen-bond acceptors (Lipinski definition) is 2. The van der Waals surface area contributed by atoms with Gasteiger partial charge in [-0.25, -0.2) is 0 Å². The summed E-state index contributed by atoms with van der Waals surface area (Å²) < 4.78 is 42.5. The van der Waals surface area contributed by atoms with E-state index in [1.165, 1.54) is 12.1 Å². The van der Waals surface area contributed by atoms with Crippen LogP contribution in [-0.2, 0) is 6.18 Å². The summed E-state index contributed by atoms with van der Waals surface area (Å²) in [6, 6.07) is 3.25. The maximum atomic E-state index is 12.5. The summed E-state index contributed by atoms with van der Waals surface area (Å²) in [4.78, 5) is 0. The number of alkyl halides is 3. The molecule has 0 saturated carbocycles. The first kappa shape index (κ1) is 13.1. The number of nitrogens with two attached hydrogens (primary N) is 1. The van der Waals surface area contributed by atoms with Crippen LogP contribution in [0.5, 0.6) is 5.75 Å². The van der Waals surface area contributed by atoms with Gasteiger partial charge in [0, 0.05) is 6.04 Å². The average Bonchev–Trinajstić information content (AvgIpc) is 2.14. The van der Waals surface area contributed by atoms with Crippen LogP contribution in [0.3, 0.4) is 0 Å². The quantitative estimate of drug-likeness (QED) is 0.898. The molecule has 0 aliphatic heterocycles. The van der Waals surface area contributed by atoms with Gasteiger partial charge in [0.15, 0.2) is 0 Å². The lowest BCUT2D eigenvalue weighted by atomic mass is 10.2. The van der Waals surface area contributed by atoms with Crippen molar-refractivity contribution >= 4 is 11.6 Å². The van der Waals surface area contributed by atoms with Crippen molar-refractivity contribution in [2.45, 2.75) is 19.1 Å². The third kappa shape index (κ3) is 3.28. The molecule has 1 atom stereocenters. The summed E-state index contributed by atoms with van der Waals surface area (Å²) in [7, 11) is 0. The van der Waals surface area contributed by atoms with E-state index in [0.717, 1.165) is 6.07 Å². The van der Waals surface area contributed by atoms with Gasteiger partial charge in [0.05, 0.1) is 10.6 Å². The van der Waals surface area contributed by atoms with Crippen LogP contribution in [0.25, 0.3) is 0 Å². The second kappa shape index (κ2) is 4.93. The number of benzene rings is 1. The smallest absolute Gasteiger partial charge is 0.417 e. The Labute approximate surface area is 96.1 Å². The highest BCUT2D eigenvalue weighted by molar-refractivity contribution is 6.32. The zero-order chi connectivity index (χ0) is 12.3. The van der Waals surface area contributed by atoms with Crippen LogP contribution in [0.4, 0.5) is 13.2 Å². The topological polar surface area (TPSA) is 35.2 Å². The Hall–Kier alpha value is -0.940. The van der Waals surface area contributed by atoms with E-state index in [0.29, 0.717) is 0 Å². The Kier molecular flexibility index (Phi) is 4.04. The normalized spacial score (nSPS) is 13.6. The Morgan fingerprint density at radius 1 is 1.44 bits per heavy atom. The molecule has 1 aromatic carbocycles. The summed E-state index contributed by atoms with van der Waals surface area (Å²) in [5.41, 5.74) is 4.52. The third-order valence-electron chi connectivity index (χ3n) is 1.77. The van der Waals surface area contributed by atoms with Crippen LogP contribution < -0.4 is 10.5 Å². The number of rotatable bonds is 3. The Morgan fingerprint density at radius 2 is 2.06 bits per heavy atom. The van der Waals surface area contributed by atoms with Crippen LogP contribution in [0, 0.1) is 0 Å². The molecule has 90 valence electrons. The van der Waals surface area contributed by atoms with Gasteiger partial charge >= 0.3 is 6.18 Å². The molecular weight excluding hydrogens is 243 g/mol. The van der Waals surface area contributed by atoms with Crippen molar-refractivity contribution < 1.29 is 17.9 Å². The van der Waals surface area contributed by atoms with E-state index in [2.05, 4.69) is 0 Å². The van der Waals surface area contributed by atoms with Gasteiger partial charge in [-0.1, -0.05) is 17.7 Å². The minimum Gasteiger partial charge on any atom is -0.490 e. The van der Waals surface area contributed by atoms with Crippen LogP contribution in [0.2, 0.25) is 5.02 Å². The van der Waals surface area contributed by atoms with Crippen molar-refractivity contribution in [3.05, 3.63) is 28.8 Å². The molecule has 0 heterocycles. The van der Waals surface area contributed by atoms with Crippen molar-refractivity contribution in [3.8, 4) is 5.75 Å². The molecule has 0 bridgehead atoms. The second-order valence-corrected chi connectivity index (χ2v) is 3.78. The van der Waals surface area contributed by atoms with Gasteiger partial charge in [0.1, 0.15) is 12.4 Å². The predicted molar refractivity (Wildman–Crippen MR) is 55.6 cm³/mol. The molecule has 1 aromatic rings. The molecule has 16 heavy (non-hydrogen) atoms. The van der Waals surface area contributed by atoms with Crippen LogP contribution >= 0.6 is 11.6 Å². The number of halogens is 4. The first-order valence-electron chi connectivity index (χ1n) is 4.56. The van der Waals surface area contributed by atoms with Gasteiger partial charge < -0.3 is 10.5 Å². The van der Waals surface area contributed by atoms with E-state index in [1.807, 2.05) is 0 Å². The summed E-state index contributed by atoms with van der Waals surface area (Å²) in [5, 5.41) is -0.435. The predicted octanol–water partition coefficient (Wildman–Crippen LogP) is 3.08. The molecule has 0 fully saturated rings. The van der Waals surface area contributed by atoms with Gasteiger partial charge in [-0.15, -0.1) is 0 Å². The first-order chi connectivity index (χ1) is 7.32. The molecule has 2 nitrogen and oxygen atoms in total. The van der Waals surface area contributed by atoms with E-state index >= 15 is 0 Å². The molecule has 0 amide bonds. The van der Waals surface area contributed by atoms with E-state index in [9.17, 15) is 13.2 Å². The molecule has 1 unspecified atom stereocenters. The van der Waals surface area contributed by atoms with Gasteiger partial charge in [-0.3, -0.25) is 0 Å². The maximum absolute atomic E-state index is 12.5. The maximum Gasteiger partial charge on any atom is 0.417 e. The van der Waals surface area contributed by atoms with Crippen molar-refractivity contribution in [1.82, 2.24) is 0 Å². The minimum absolute atomic E-state index is 0.00575. The Bertz CT molecular complexity index is 366. The fourth-order valence-corrected chi connectivity index (χ4v) is 1.35. The van der Waals surface area contributed by atoms with Crippen LogP contribution in [0.1, 0.15) is 12.5 Å². The van der Waals surface area contributed by atoms with E-state index < -0.39 is 16.8 Å². The molecule has 1 rings (SSSR count). The fraction of sp³-hybridized carbons (Fsp3) is 0.400. The van der Waals surface area contributed by atoms with Gasteiger partial charge in [0.25, 0.3) is 0 Å². The SMILES string of the molecule is CC(N)COc1cccc(C(F)(F)F)c1Cl. The highest BCUT2D eigenvalue weighted by Gasteiger charge is 2.34. The second-order valence-electron chi connectivity index (χ2n) is 3.40. The number of ether oxygens (including phenoxy) is 1. The van der Waals surface area contributed by atoms with Gasteiger partial charge in [0.2, 0.25) is 0 Å². The highest BCUT2D eigenvalue weighted by atomic mass is 35.5. The van der Waals surface area contributed by atoms with Crippen molar-refractivity contribution in [2.75, 3.05) is 6.61 Å². The average molecular weight is 254 g/mol. The van der Waals surface area contributed by atoms with Gasteiger partial charge in [-0.2, -0.15) is 13.2 Å². The Balaban J connectivity index is 2.96. The Morgan fingerprint density at radius 3 is 2.56 bits per heavy atom. The molecule has 0 aliphatic carbocycles. The lowest BCUT2D eigenvalue weighted by molar-refractivity contribution is -0.137. The molecule has 0 aliphatic rings. The van der Waals surface area contributed by atoms with E-state index in [-0.39, 0.29) is 18.4 Å². The summed E-state index contributed by atoms with van der Waals surface area (Å²) in [5.74, 6) is -0.00575. The summed E-state index contributed by atoms with van der Waals surface area (Å²) in [6.07, 6.45) is -4.48. The molecule has 2 N–H and O–H groups in total. The highest BCUT2D eigenvalue weighted by Crippen LogP contribution is 2.39. The minimum atomic E-state index is -4.48. The zero-order valence-electron chi connectivity index (χ0n) is 8.51. The van der Waals surface area contributed by atoms with Gasteiger partial charge in [-0.05, 0) is 19.1 Å². The standard InChI is InChI=1S/C10H11ClF3NO/c1-6(15)5-16-8-4-2-3-7(9(8)11)10(12,13)14/h2-4,6H,5,15H2,1H3.